The first-order valence-corrected chi connectivity index (χ1v) is 6.20. The minimum atomic E-state index is -0.297. The number of nitrogens with one attached hydrogen (secondary N) is 2. The SMILES string of the molecule is CCSc1cc(C(=O)NC)nc(C(=O)NC)c1. The van der Waals surface area contributed by atoms with Gasteiger partial charge in [0, 0.05) is 19.0 Å². The molecular formula is C11H15N3O2S. The standard InChI is InChI=1S/C11H15N3O2S/c1-4-17-7-5-8(10(15)12-2)14-9(6-7)11(16)13-3/h5-6H,4H2,1-3H3,(H,12,15)(H,13,16). The highest BCUT2D eigenvalue weighted by atomic mass is 32.2. The van der Waals surface area contributed by atoms with Crippen molar-refractivity contribution in [2.75, 3.05) is 19.8 Å². The third kappa shape index (κ3) is 3.45. The third-order valence-electron chi connectivity index (χ3n) is 2.03. The normalized spacial score (nSPS) is 9.82. The summed E-state index contributed by atoms with van der Waals surface area (Å²) in [7, 11) is 3.06. The summed E-state index contributed by atoms with van der Waals surface area (Å²) in [6.45, 7) is 2.00. The predicted octanol–water partition coefficient (Wildman–Crippen LogP) is 0.913. The van der Waals surface area contributed by atoms with Crippen molar-refractivity contribution in [3.8, 4) is 0 Å². The Hall–Kier alpha value is -1.56. The fourth-order valence-corrected chi connectivity index (χ4v) is 1.97. The van der Waals surface area contributed by atoms with Gasteiger partial charge in [0.15, 0.2) is 0 Å². The topological polar surface area (TPSA) is 71.1 Å². The maximum atomic E-state index is 11.5. The summed E-state index contributed by atoms with van der Waals surface area (Å²) in [5.41, 5.74) is 0.508. The minimum absolute atomic E-state index is 0.254. The van der Waals surface area contributed by atoms with E-state index in [1.54, 1.807) is 23.9 Å². The van der Waals surface area contributed by atoms with E-state index in [2.05, 4.69) is 15.6 Å². The first-order chi connectivity index (χ1) is 8.12. The summed E-state index contributed by atoms with van der Waals surface area (Å²) in [6.07, 6.45) is 0. The van der Waals surface area contributed by atoms with Gasteiger partial charge in [-0.2, -0.15) is 0 Å². The molecule has 1 rings (SSSR count). The molecule has 0 aliphatic carbocycles. The maximum Gasteiger partial charge on any atom is 0.269 e. The van der Waals surface area contributed by atoms with Crippen LogP contribution in [0.15, 0.2) is 17.0 Å². The number of hydrogen-bond donors (Lipinski definition) is 2. The van der Waals surface area contributed by atoms with Crippen LogP contribution in [0, 0.1) is 0 Å². The van der Waals surface area contributed by atoms with Gasteiger partial charge in [0.2, 0.25) is 0 Å². The molecule has 92 valence electrons. The molecule has 0 aliphatic rings. The highest BCUT2D eigenvalue weighted by Crippen LogP contribution is 2.19. The van der Waals surface area contributed by atoms with Crippen molar-refractivity contribution in [2.24, 2.45) is 0 Å². The van der Waals surface area contributed by atoms with Gasteiger partial charge in [0.25, 0.3) is 11.8 Å². The Bertz CT molecular complexity index is 400. The Labute approximate surface area is 104 Å². The molecule has 2 amide bonds. The summed E-state index contributed by atoms with van der Waals surface area (Å²) >= 11 is 1.56. The molecule has 0 aromatic carbocycles. The fourth-order valence-electron chi connectivity index (χ4n) is 1.24. The van der Waals surface area contributed by atoms with Crippen LogP contribution in [0.3, 0.4) is 0 Å². The second kappa shape index (κ2) is 6.24. The van der Waals surface area contributed by atoms with Gasteiger partial charge in [0.1, 0.15) is 11.4 Å². The monoisotopic (exact) mass is 253 g/mol. The van der Waals surface area contributed by atoms with Gasteiger partial charge in [0.05, 0.1) is 0 Å². The molecule has 0 radical (unpaired) electrons. The molecule has 1 heterocycles. The Morgan fingerprint density at radius 3 is 2.00 bits per heavy atom. The fraction of sp³-hybridized carbons (Fsp3) is 0.364. The molecule has 6 heteroatoms. The Kier molecular flexibility index (Phi) is 4.96. The lowest BCUT2D eigenvalue weighted by molar-refractivity contribution is 0.0953. The highest BCUT2D eigenvalue weighted by molar-refractivity contribution is 7.99. The molecule has 0 unspecified atom stereocenters. The van der Waals surface area contributed by atoms with Crippen LogP contribution in [0.4, 0.5) is 0 Å². The van der Waals surface area contributed by atoms with Crippen molar-refractivity contribution in [3.05, 3.63) is 23.5 Å². The molecule has 1 aromatic rings. The van der Waals surface area contributed by atoms with E-state index in [0.717, 1.165) is 10.6 Å². The van der Waals surface area contributed by atoms with Crippen LogP contribution >= 0.6 is 11.8 Å². The van der Waals surface area contributed by atoms with E-state index >= 15 is 0 Å². The lowest BCUT2D eigenvalue weighted by Gasteiger charge is -2.06. The zero-order valence-electron chi connectivity index (χ0n) is 10.0. The summed E-state index contributed by atoms with van der Waals surface area (Å²) in [5, 5.41) is 4.98. The van der Waals surface area contributed by atoms with Crippen molar-refractivity contribution >= 4 is 23.6 Å². The van der Waals surface area contributed by atoms with E-state index in [0.29, 0.717) is 0 Å². The van der Waals surface area contributed by atoms with Gasteiger partial charge >= 0.3 is 0 Å². The summed E-state index contributed by atoms with van der Waals surface area (Å²) in [6, 6.07) is 3.36. The summed E-state index contributed by atoms with van der Waals surface area (Å²) < 4.78 is 0. The molecule has 0 atom stereocenters. The van der Waals surface area contributed by atoms with Gasteiger partial charge < -0.3 is 10.6 Å². The van der Waals surface area contributed by atoms with Crippen LogP contribution in [-0.2, 0) is 0 Å². The Morgan fingerprint density at radius 2 is 1.65 bits per heavy atom. The van der Waals surface area contributed by atoms with E-state index in [-0.39, 0.29) is 23.2 Å². The molecular weight excluding hydrogens is 238 g/mol. The van der Waals surface area contributed by atoms with Crippen LogP contribution in [-0.4, -0.2) is 36.6 Å². The molecule has 0 fully saturated rings. The number of pyridine rings is 1. The van der Waals surface area contributed by atoms with Crippen LogP contribution in [0.2, 0.25) is 0 Å². The maximum absolute atomic E-state index is 11.5. The van der Waals surface area contributed by atoms with Gasteiger partial charge in [-0.15, -0.1) is 11.8 Å². The van der Waals surface area contributed by atoms with Crippen LogP contribution in [0.1, 0.15) is 27.9 Å². The number of nitrogens with zero attached hydrogens (tertiary/aromatic N) is 1. The molecule has 1 aromatic heterocycles. The molecule has 0 saturated heterocycles. The molecule has 5 nitrogen and oxygen atoms in total. The van der Waals surface area contributed by atoms with Gasteiger partial charge in [-0.3, -0.25) is 9.59 Å². The van der Waals surface area contributed by atoms with E-state index in [9.17, 15) is 9.59 Å². The Morgan fingerprint density at radius 1 is 1.18 bits per heavy atom. The van der Waals surface area contributed by atoms with Gasteiger partial charge in [-0.05, 0) is 17.9 Å². The number of thioether (sulfide) groups is 1. The van der Waals surface area contributed by atoms with Gasteiger partial charge in [-0.1, -0.05) is 6.92 Å². The highest BCUT2D eigenvalue weighted by Gasteiger charge is 2.13. The number of amides is 2. The van der Waals surface area contributed by atoms with Crippen LogP contribution in [0.25, 0.3) is 0 Å². The molecule has 0 saturated carbocycles. The molecule has 0 bridgehead atoms. The number of rotatable bonds is 4. The third-order valence-corrected chi connectivity index (χ3v) is 2.89. The van der Waals surface area contributed by atoms with Crippen molar-refractivity contribution in [2.45, 2.75) is 11.8 Å². The first-order valence-electron chi connectivity index (χ1n) is 5.21. The van der Waals surface area contributed by atoms with Crippen molar-refractivity contribution in [1.29, 1.82) is 0 Å². The number of aromatic nitrogens is 1. The summed E-state index contributed by atoms with van der Waals surface area (Å²) in [4.78, 5) is 27.9. The number of carbonyl (C=O) groups is 2. The molecule has 0 spiro atoms. The van der Waals surface area contributed by atoms with E-state index < -0.39 is 0 Å². The smallest absolute Gasteiger partial charge is 0.269 e. The average Bonchev–Trinajstić information content (AvgIpc) is 2.36. The second-order valence-corrected chi connectivity index (χ2v) is 4.50. The van der Waals surface area contributed by atoms with E-state index in [1.165, 1.54) is 14.1 Å². The lowest BCUT2D eigenvalue weighted by Crippen LogP contribution is -2.23. The zero-order chi connectivity index (χ0) is 12.8. The van der Waals surface area contributed by atoms with Crippen molar-refractivity contribution in [1.82, 2.24) is 15.6 Å². The lowest BCUT2D eigenvalue weighted by atomic mass is 10.2. The number of carbonyl (C=O) groups excluding carboxylic acids is 2. The quantitative estimate of drug-likeness (QED) is 0.783. The minimum Gasteiger partial charge on any atom is -0.354 e. The zero-order valence-corrected chi connectivity index (χ0v) is 10.9. The van der Waals surface area contributed by atoms with Crippen molar-refractivity contribution < 1.29 is 9.59 Å². The average molecular weight is 253 g/mol. The first kappa shape index (κ1) is 13.5. The molecule has 0 aliphatic heterocycles. The molecule has 17 heavy (non-hydrogen) atoms. The van der Waals surface area contributed by atoms with E-state index in [1.807, 2.05) is 6.92 Å². The second-order valence-electron chi connectivity index (χ2n) is 3.16. The number of hydrogen-bond acceptors (Lipinski definition) is 4. The largest absolute Gasteiger partial charge is 0.354 e. The molecule has 2 N–H and O–H groups in total. The Balaban J connectivity index is 3.18. The van der Waals surface area contributed by atoms with Crippen molar-refractivity contribution in [3.63, 3.8) is 0 Å². The predicted molar refractivity (Wildman–Crippen MR) is 67.4 cm³/mol. The summed E-state index contributed by atoms with van der Waals surface area (Å²) in [5.74, 6) is 0.270. The van der Waals surface area contributed by atoms with Crippen LogP contribution < -0.4 is 10.6 Å². The van der Waals surface area contributed by atoms with E-state index in [4.69, 9.17) is 0 Å². The van der Waals surface area contributed by atoms with Crippen LogP contribution in [0.5, 0.6) is 0 Å². The van der Waals surface area contributed by atoms with Gasteiger partial charge in [-0.25, -0.2) is 4.98 Å².